The molecule has 0 saturated carbocycles. The summed E-state index contributed by atoms with van der Waals surface area (Å²) in [7, 11) is 0. The van der Waals surface area contributed by atoms with Crippen LogP contribution < -0.4 is 24.0 Å². The zero-order valence-corrected chi connectivity index (χ0v) is 33.0. The average molecular weight is 655 g/mol. The number of aliphatic carboxylic acids is 1. The molecule has 0 aromatic carbocycles. The smallest absolute Gasteiger partial charge is 0.550 e. The van der Waals surface area contributed by atoms with E-state index in [0.717, 1.165) is 12.8 Å². The Morgan fingerprint density at radius 3 is 0.532 bits per heavy atom. The molecule has 0 spiro atoms. The van der Waals surface area contributed by atoms with Crippen LogP contribution in [0.3, 0.4) is 0 Å². The van der Waals surface area contributed by atoms with E-state index in [0.29, 0.717) is 0 Å². The fraction of sp³-hybridized carbons (Fsp3) is 0.977. The molecule has 0 heterocycles. The van der Waals surface area contributed by atoms with Crippen LogP contribution in [0.5, 0.6) is 0 Å². The molecule has 3 heteroatoms. The summed E-state index contributed by atoms with van der Waals surface area (Å²) in [6, 6.07) is 0. The fourth-order valence-corrected chi connectivity index (χ4v) is 7.24. The topological polar surface area (TPSA) is 40.1 Å². The summed E-state index contributed by atoms with van der Waals surface area (Å²) in [4.78, 5) is 10.4. The number of carbonyl (C=O) groups excluding carboxylic acids is 1. The third kappa shape index (κ3) is 48.2. The molecule has 0 radical (unpaired) electrons. The third-order valence-corrected chi connectivity index (χ3v) is 10.5. The van der Waals surface area contributed by atoms with E-state index in [9.17, 15) is 9.90 Å². The average Bonchev–Trinajstić information content (AvgIpc) is 3.05. The van der Waals surface area contributed by atoms with E-state index < -0.39 is 5.97 Å². The first-order valence-electron chi connectivity index (χ1n) is 22.0. The monoisotopic (exact) mass is 655 g/mol. The fourth-order valence-electron chi connectivity index (χ4n) is 7.24. The van der Waals surface area contributed by atoms with Crippen molar-refractivity contribution in [3.63, 3.8) is 0 Å². The molecule has 0 atom stereocenters. The van der Waals surface area contributed by atoms with Crippen LogP contribution in [0.4, 0.5) is 0 Å². The molecular formula is C44H87LiO2. The van der Waals surface area contributed by atoms with Crippen LogP contribution in [-0.4, -0.2) is 5.97 Å². The Balaban J connectivity index is 0. The van der Waals surface area contributed by atoms with E-state index in [-0.39, 0.29) is 25.3 Å². The predicted octanol–water partition coefficient (Wildman–Crippen LogP) is 12.1. The van der Waals surface area contributed by atoms with E-state index in [1.54, 1.807) is 0 Å². The zero-order chi connectivity index (χ0) is 33.3. The number of carbonyl (C=O) groups is 1. The number of unbranched alkanes of at least 4 members (excludes halogenated alkanes) is 40. The normalized spacial score (nSPS) is 11.3. The van der Waals surface area contributed by atoms with Gasteiger partial charge in [-0.25, -0.2) is 0 Å². The first-order valence-corrected chi connectivity index (χ1v) is 22.0. The van der Waals surface area contributed by atoms with Gasteiger partial charge in [0.15, 0.2) is 0 Å². The van der Waals surface area contributed by atoms with Crippen molar-refractivity contribution in [2.75, 3.05) is 0 Å². The second kappa shape index (κ2) is 46.1. The summed E-state index contributed by atoms with van der Waals surface area (Å²) in [5, 5.41) is 10.4. The van der Waals surface area contributed by atoms with Gasteiger partial charge in [0.05, 0.1) is 0 Å². The maximum Gasteiger partial charge on any atom is 1.00 e. The van der Waals surface area contributed by atoms with Gasteiger partial charge in [-0.15, -0.1) is 0 Å². The van der Waals surface area contributed by atoms with Crippen LogP contribution in [0, 0.1) is 0 Å². The van der Waals surface area contributed by atoms with Crippen molar-refractivity contribution in [3.05, 3.63) is 0 Å². The molecule has 0 rings (SSSR count). The van der Waals surface area contributed by atoms with Crippen molar-refractivity contribution in [1.29, 1.82) is 0 Å². The van der Waals surface area contributed by atoms with Gasteiger partial charge in [0, 0.05) is 5.97 Å². The molecule has 0 aromatic rings. The van der Waals surface area contributed by atoms with Crippen molar-refractivity contribution in [1.82, 2.24) is 0 Å². The summed E-state index contributed by atoms with van der Waals surface area (Å²) >= 11 is 0. The molecule has 0 N–H and O–H groups in total. The molecule has 2 nitrogen and oxygen atoms in total. The number of carboxylic acids is 1. The standard InChI is InChI=1S/C44H88O2.Li/c1-2-3-4-5-6-7-8-9-10-11-12-13-14-15-16-17-18-19-20-21-22-23-24-25-26-27-28-29-30-31-32-33-34-35-36-37-38-39-40-41-42-43-44(45)46;/h2-43H2,1H3,(H,45,46);/q;+1/p-1. The second-order valence-electron chi connectivity index (χ2n) is 15.3. The van der Waals surface area contributed by atoms with Crippen LogP contribution in [-0.2, 0) is 4.79 Å². The first kappa shape index (κ1) is 49.2. The molecule has 47 heavy (non-hydrogen) atoms. The van der Waals surface area contributed by atoms with Crippen molar-refractivity contribution in [2.45, 2.75) is 277 Å². The summed E-state index contributed by atoms with van der Waals surface area (Å²) < 4.78 is 0. The van der Waals surface area contributed by atoms with Crippen LogP contribution >= 0.6 is 0 Å². The van der Waals surface area contributed by atoms with Crippen molar-refractivity contribution in [2.24, 2.45) is 0 Å². The number of rotatable bonds is 42. The Hall–Kier alpha value is 0.0674. The Labute approximate surface area is 310 Å². The minimum atomic E-state index is -0.897. The van der Waals surface area contributed by atoms with Crippen LogP contribution in [0.2, 0.25) is 0 Å². The molecule has 0 unspecified atom stereocenters. The molecular weight excluding hydrogens is 567 g/mol. The maximum absolute atomic E-state index is 10.4. The molecule has 0 saturated heterocycles. The number of hydrogen-bond acceptors (Lipinski definition) is 2. The molecule has 0 aliphatic carbocycles. The summed E-state index contributed by atoms with van der Waals surface area (Å²) in [6.45, 7) is 2.31. The van der Waals surface area contributed by atoms with Gasteiger partial charge in [-0.2, -0.15) is 0 Å². The Kier molecular flexibility index (Phi) is 48.2. The Morgan fingerprint density at radius 2 is 0.404 bits per heavy atom. The second-order valence-corrected chi connectivity index (χ2v) is 15.3. The van der Waals surface area contributed by atoms with Gasteiger partial charge in [0.2, 0.25) is 0 Å². The predicted molar refractivity (Wildman–Crippen MR) is 205 cm³/mol. The molecule has 0 aliphatic heterocycles. The van der Waals surface area contributed by atoms with E-state index in [1.165, 1.54) is 250 Å². The SMILES string of the molecule is CCCCCCCCCCCCCCCCCCCCCCCCCCCCCCCCCCCCCCCCCCCC(=O)[O-].[Li+]. The zero-order valence-electron chi connectivity index (χ0n) is 33.0. The van der Waals surface area contributed by atoms with Crippen LogP contribution in [0.25, 0.3) is 0 Å². The minimum absolute atomic E-state index is 0. The van der Waals surface area contributed by atoms with Gasteiger partial charge in [-0.3, -0.25) is 0 Å². The molecule has 0 aliphatic rings. The number of hydrogen-bond donors (Lipinski definition) is 0. The largest absolute Gasteiger partial charge is 1.00 e. The summed E-state index contributed by atoms with van der Waals surface area (Å²) in [6.07, 6.45) is 58.5. The van der Waals surface area contributed by atoms with Gasteiger partial charge in [0.1, 0.15) is 0 Å². The quantitative estimate of drug-likeness (QED) is 0.0485. The Bertz CT molecular complexity index is 551. The van der Waals surface area contributed by atoms with Crippen molar-refractivity contribution in [3.8, 4) is 0 Å². The van der Waals surface area contributed by atoms with Crippen molar-refractivity contribution < 1.29 is 28.8 Å². The van der Waals surface area contributed by atoms with E-state index >= 15 is 0 Å². The van der Waals surface area contributed by atoms with Crippen molar-refractivity contribution >= 4 is 5.97 Å². The minimum Gasteiger partial charge on any atom is -0.550 e. The molecule has 0 bridgehead atoms. The van der Waals surface area contributed by atoms with E-state index in [1.807, 2.05) is 0 Å². The van der Waals surface area contributed by atoms with E-state index in [4.69, 9.17) is 0 Å². The van der Waals surface area contributed by atoms with Gasteiger partial charge in [-0.05, 0) is 12.8 Å². The van der Waals surface area contributed by atoms with Crippen LogP contribution in [0.15, 0.2) is 0 Å². The van der Waals surface area contributed by atoms with Crippen LogP contribution in [0.1, 0.15) is 277 Å². The first-order chi connectivity index (χ1) is 22.8. The van der Waals surface area contributed by atoms with E-state index in [2.05, 4.69) is 6.92 Å². The van der Waals surface area contributed by atoms with Gasteiger partial charge < -0.3 is 9.90 Å². The maximum atomic E-state index is 10.4. The molecule has 0 amide bonds. The summed E-state index contributed by atoms with van der Waals surface area (Å²) in [5.41, 5.74) is 0. The Morgan fingerprint density at radius 1 is 0.277 bits per heavy atom. The van der Waals surface area contributed by atoms with Gasteiger partial charge in [-0.1, -0.05) is 264 Å². The molecule has 0 fully saturated rings. The third-order valence-electron chi connectivity index (χ3n) is 10.5. The number of carboxylic acid groups (broad SMARTS) is 1. The summed E-state index contributed by atoms with van der Waals surface area (Å²) in [5.74, 6) is -0.897. The van der Waals surface area contributed by atoms with Gasteiger partial charge >= 0.3 is 18.9 Å². The molecule has 0 aromatic heterocycles. The molecule has 276 valence electrons. The van der Waals surface area contributed by atoms with Gasteiger partial charge in [0.25, 0.3) is 0 Å².